The highest BCUT2D eigenvalue weighted by atomic mass is 32.1. The maximum atomic E-state index is 12.5. The van der Waals surface area contributed by atoms with Crippen molar-refractivity contribution >= 4 is 38.2 Å². The van der Waals surface area contributed by atoms with Crippen molar-refractivity contribution in [3.8, 4) is 0 Å². The van der Waals surface area contributed by atoms with Crippen LogP contribution in [0.1, 0.15) is 30.4 Å². The number of fused-ring (bicyclic) bond motifs is 3. The molecule has 0 unspecified atom stereocenters. The zero-order chi connectivity index (χ0) is 17.6. The average molecular weight is 350 g/mol. The van der Waals surface area contributed by atoms with Crippen molar-refractivity contribution in [2.45, 2.75) is 19.9 Å². The molecule has 2 aromatic carbocycles. The van der Waals surface area contributed by atoms with Crippen LogP contribution in [-0.2, 0) is 7.05 Å². The minimum Gasteiger partial charge on any atom is -0.319 e. The molecule has 2 heterocycles. The Balaban J connectivity index is 1.85. The van der Waals surface area contributed by atoms with Gasteiger partial charge in [0.2, 0.25) is 0 Å². The summed E-state index contributed by atoms with van der Waals surface area (Å²) in [7, 11) is 1.94. The van der Waals surface area contributed by atoms with Crippen LogP contribution in [0.25, 0.3) is 21.0 Å². The monoisotopic (exact) mass is 350 g/mol. The normalized spacial score (nSPS) is 12.6. The van der Waals surface area contributed by atoms with Gasteiger partial charge in [-0.05, 0) is 31.4 Å². The Labute approximate surface area is 148 Å². The fourth-order valence-corrected chi connectivity index (χ4v) is 4.00. The van der Waals surface area contributed by atoms with Crippen LogP contribution in [0.15, 0.2) is 53.7 Å². The van der Waals surface area contributed by atoms with E-state index in [0.717, 1.165) is 10.2 Å². The van der Waals surface area contributed by atoms with E-state index in [-0.39, 0.29) is 11.9 Å². The lowest BCUT2D eigenvalue weighted by molar-refractivity contribution is 0.0992. The van der Waals surface area contributed by atoms with Gasteiger partial charge in [0.25, 0.3) is 5.91 Å². The van der Waals surface area contributed by atoms with Gasteiger partial charge < -0.3 is 4.57 Å². The minimum absolute atomic E-state index is 0.216. The second-order valence-corrected chi connectivity index (χ2v) is 7.25. The Morgan fingerprint density at radius 3 is 2.72 bits per heavy atom. The first-order valence-electron chi connectivity index (χ1n) is 8.16. The summed E-state index contributed by atoms with van der Waals surface area (Å²) in [5.41, 5.74) is 1.44. The average Bonchev–Trinajstić information content (AvgIpc) is 3.21. The van der Waals surface area contributed by atoms with Gasteiger partial charge in [0.1, 0.15) is 0 Å². The molecule has 126 valence electrons. The maximum Gasteiger partial charge on any atom is 0.300 e. The lowest BCUT2D eigenvalue weighted by Gasteiger charge is -2.02. The van der Waals surface area contributed by atoms with E-state index in [4.69, 9.17) is 0 Å². The number of carbonyl (C=O) groups is 1. The SMILES string of the molecule is CC(C)n1ccc(C(=O)N=c2sc3c4ccccc4ccc3n2C)n1. The molecule has 0 radical (unpaired) electrons. The largest absolute Gasteiger partial charge is 0.319 e. The molecule has 4 rings (SSSR count). The highest BCUT2D eigenvalue weighted by molar-refractivity contribution is 7.17. The zero-order valence-electron chi connectivity index (χ0n) is 14.3. The molecule has 1 amide bonds. The predicted octanol–water partition coefficient (Wildman–Crippen LogP) is 3.91. The summed E-state index contributed by atoms with van der Waals surface area (Å²) in [5.74, 6) is -0.314. The van der Waals surface area contributed by atoms with E-state index >= 15 is 0 Å². The van der Waals surface area contributed by atoms with Crippen molar-refractivity contribution in [1.29, 1.82) is 0 Å². The smallest absolute Gasteiger partial charge is 0.300 e. The van der Waals surface area contributed by atoms with Gasteiger partial charge in [-0.25, -0.2) is 0 Å². The first-order chi connectivity index (χ1) is 12.0. The van der Waals surface area contributed by atoms with Gasteiger partial charge in [0, 0.05) is 24.7 Å². The lowest BCUT2D eigenvalue weighted by Crippen LogP contribution is -2.14. The van der Waals surface area contributed by atoms with Crippen molar-refractivity contribution in [3.63, 3.8) is 0 Å². The second-order valence-electron chi connectivity index (χ2n) is 6.27. The van der Waals surface area contributed by atoms with Gasteiger partial charge in [-0.2, -0.15) is 10.1 Å². The van der Waals surface area contributed by atoms with E-state index < -0.39 is 0 Å². The Hall–Kier alpha value is -2.73. The minimum atomic E-state index is -0.314. The van der Waals surface area contributed by atoms with Gasteiger partial charge in [-0.3, -0.25) is 9.48 Å². The summed E-state index contributed by atoms with van der Waals surface area (Å²) in [6.07, 6.45) is 1.81. The summed E-state index contributed by atoms with van der Waals surface area (Å²) in [6, 6.07) is 14.4. The Morgan fingerprint density at radius 1 is 1.16 bits per heavy atom. The molecule has 0 fully saturated rings. The summed E-state index contributed by atoms with van der Waals surface area (Å²) in [4.78, 5) is 17.5. The topological polar surface area (TPSA) is 52.2 Å². The van der Waals surface area contributed by atoms with Crippen molar-refractivity contribution in [3.05, 3.63) is 59.2 Å². The third kappa shape index (κ3) is 2.68. The van der Waals surface area contributed by atoms with Crippen molar-refractivity contribution in [2.75, 3.05) is 0 Å². The van der Waals surface area contributed by atoms with Gasteiger partial charge >= 0.3 is 0 Å². The molecule has 0 spiro atoms. The molecule has 0 aliphatic rings. The molecule has 0 atom stereocenters. The van der Waals surface area contributed by atoms with Crippen molar-refractivity contribution < 1.29 is 4.79 Å². The fourth-order valence-electron chi connectivity index (χ4n) is 2.85. The standard InChI is InChI=1S/C19H18N4OS/c1-12(2)23-11-10-15(21-23)18(24)20-19-22(3)16-9-8-13-6-4-5-7-14(13)17(16)25-19/h4-12H,1-3H3. The summed E-state index contributed by atoms with van der Waals surface area (Å²) in [6.45, 7) is 4.05. The molecule has 0 aliphatic heterocycles. The summed E-state index contributed by atoms with van der Waals surface area (Å²) < 4.78 is 4.87. The number of hydrogen-bond donors (Lipinski definition) is 0. The number of nitrogens with zero attached hydrogens (tertiary/aromatic N) is 4. The highest BCUT2D eigenvalue weighted by Crippen LogP contribution is 2.27. The third-order valence-corrected chi connectivity index (χ3v) is 5.44. The van der Waals surface area contributed by atoms with E-state index in [0.29, 0.717) is 10.5 Å². The number of aryl methyl sites for hydroxylation is 1. The maximum absolute atomic E-state index is 12.5. The van der Waals surface area contributed by atoms with E-state index in [1.807, 2.05) is 43.8 Å². The van der Waals surface area contributed by atoms with Crippen LogP contribution in [0.3, 0.4) is 0 Å². The van der Waals surface area contributed by atoms with Gasteiger partial charge in [-0.15, -0.1) is 0 Å². The molecular weight excluding hydrogens is 332 g/mol. The van der Waals surface area contributed by atoms with Gasteiger partial charge in [-0.1, -0.05) is 41.7 Å². The van der Waals surface area contributed by atoms with Crippen LogP contribution in [-0.4, -0.2) is 20.3 Å². The number of amides is 1. The van der Waals surface area contributed by atoms with E-state index in [2.05, 4.69) is 34.4 Å². The molecule has 6 heteroatoms. The predicted molar refractivity (Wildman–Crippen MR) is 101 cm³/mol. The number of thiazole rings is 1. The van der Waals surface area contributed by atoms with Crippen LogP contribution < -0.4 is 4.80 Å². The Morgan fingerprint density at radius 2 is 1.96 bits per heavy atom. The van der Waals surface area contributed by atoms with Crippen LogP contribution in [0, 0.1) is 0 Å². The molecule has 0 saturated carbocycles. The molecule has 25 heavy (non-hydrogen) atoms. The first-order valence-corrected chi connectivity index (χ1v) is 8.98. The van der Waals surface area contributed by atoms with E-state index in [1.165, 1.54) is 22.1 Å². The van der Waals surface area contributed by atoms with E-state index in [9.17, 15) is 4.79 Å². The number of aromatic nitrogens is 3. The second kappa shape index (κ2) is 5.97. The molecule has 0 bridgehead atoms. The number of carbonyl (C=O) groups excluding carboxylic acids is 1. The van der Waals surface area contributed by atoms with Gasteiger partial charge in [0.05, 0.1) is 10.2 Å². The molecule has 0 N–H and O–H groups in total. The molecular formula is C19H18N4OS. The van der Waals surface area contributed by atoms with Crippen LogP contribution >= 0.6 is 11.3 Å². The Kier molecular flexibility index (Phi) is 3.77. The number of benzene rings is 2. The zero-order valence-corrected chi connectivity index (χ0v) is 15.1. The number of rotatable bonds is 2. The fraction of sp³-hybridized carbons (Fsp3) is 0.211. The summed E-state index contributed by atoms with van der Waals surface area (Å²) in [5, 5.41) is 6.67. The van der Waals surface area contributed by atoms with Gasteiger partial charge in [0.15, 0.2) is 10.5 Å². The highest BCUT2D eigenvalue weighted by Gasteiger charge is 2.12. The van der Waals surface area contributed by atoms with Crippen LogP contribution in [0.2, 0.25) is 0 Å². The third-order valence-electron chi connectivity index (χ3n) is 4.25. The molecule has 2 aromatic heterocycles. The van der Waals surface area contributed by atoms with Crippen LogP contribution in [0.5, 0.6) is 0 Å². The Bertz CT molecular complexity index is 1160. The van der Waals surface area contributed by atoms with Crippen molar-refractivity contribution in [1.82, 2.24) is 14.3 Å². The molecule has 5 nitrogen and oxygen atoms in total. The lowest BCUT2D eigenvalue weighted by atomic mass is 10.1. The number of hydrogen-bond acceptors (Lipinski definition) is 3. The first kappa shape index (κ1) is 15.8. The van der Waals surface area contributed by atoms with Crippen LogP contribution in [0.4, 0.5) is 0 Å². The van der Waals surface area contributed by atoms with E-state index in [1.54, 1.807) is 10.7 Å². The molecule has 0 saturated heterocycles. The van der Waals surface area contributed by atoms with Crippen molar-refractivity contribution in [2.24, 2.45) is 12.0 Å². The quantitative estimate of drug-likeness (QED) is 0.550. The molecule has 4 aromatic rings. The molecule has 0 aliphatic carbocycles. The summed E-state index contributed by atoms with van der Waals surface area (Å²) >= 11 is 1.53.